The van der Waals surface area contributed by atoms with E-state index in [1.807, 2.05) is 6.07 Å². The molecule has 0 aromatic heterocycles. The van der Waals surface area contributed by atoms with Crippen LogP contribution in [0, 0.1) is 11.3 Å². The highest BCUT2D eigenvalue weighted by molar-refractivity contribution is 7.91. The number of sulfone groups is 1. The summed E-state index contributed by atoms with van der Waals surface area (Å²) in [6.45, 7) is 2.19. The lowest BCUT2D eigenvalue weighted by molar-refractivity contribution is 0.577. The van der Waals surface area contributed by atoms with Gasteiger partial charge in [-0.05, 0) is 12.8 Å². The van der Waals surface area contributed by atoms with Crippen molar-refractivity contribution in [2.24, 2.45) is 0 Å². The van der Waals surface area contributed by atoms with Gasteiger partial charge in [0, 0.05) is 6.42 Å². The smallest absolute Gasteiger partial charge is 0.150 e. The summed E-state index contributed by atoms with van der Waals surface area (Å²) in [4.78, 5) is 0. The zero-order valence-corrected chi connectivity index (χ0v) is 11.8. The number of unbranched alkanes of at least 4 members (excludes halogenated alkanes) is 7. The molecular weight excluding hydrogens is 234 g/mol. The summed E-state index contributed by atoms with van der Waals surface area (Å²) in [6, 6.07) is 1.97. The van der Waals surface area contributed by atoms with E-state index >= 15 is 0 Å². The van der Waals surface area contributed by atoms with E-state index in [9.17, 15) is 8.42 Å². The Bertz CT molecular complexity index is 304. The van der Waals surface area contributed by atoms with Gasteiger partial charge in [0.15, 0.2) is 0 Å². The highest BCUT2D eigenvalue weighted by Gasteiger charge is 2.09. The molecule has 0 aliphatic rings. The third-order valence-corrected chi connectivity index (χ3v) is 4.62. The Labute approximate surface area is 106 Å². The Hall–Kier alpha value is -0.560. The van der Waals surface area contributed by atoms with Crippen LogP contribution in [0.4, 0.5) is 0 Å². The zero-order chi connectivity index (χ0) is 13.0. The molecule has 0 bridgehead atoms. The molecule has 0 N–H and O–H groups in total. The normalized spacial score (nSPS) is 11.3. The lowest BCUT2D eigenvalue weighted by Gasteiger charge is -2.03. The largest absolute Gasteiger partial charge is 0.229 e. The quantitative estimate of drug-likeness (QED) is 0.534. The highest BCUT2D eigenvalue weighted by Crippen LogP contribution is 2.08. The van der Waals surface area contributed by atoms with Gasteiger partial charge in [0.25, 0.3) is 0 Å². The summed E-state index contributed by atoms with van der Waals surface area (Å²) in [5, 5.41) is 8.34. The van der Waals surface area contributed by atoms with Crippen LogP contribution in [-0.2, 0) is 9.84 Å². The van der Waals surface area contributed by atoms with Gasteiger partial charge in [-0.2, -0.15) is 5.26 Å². The average Bonchev–Trinajstić information content (AvgIpc) is 2.28. The molecule has 0 spiro atoms. The molecule has 0 aliphatic heterocycles. The number of rotatable bonds is 11. The van der Waals surface area contributed by atoms with E-state index in [1.54, 1.807) is 0 Å². The van der Waals surface area contributed by atoms with Crippen molar-refractivity contribution in [3.05, 3.63) is 0 Å². The molecule has 17 heavy (non-hydrogen) atoms. The van der Waals surface area contributed by atoms with Crippen molar-refractivity contribution in [2.75, 3.05) is 11.5 Å². The fourth-order valence-electron chi connectivity index (χ4n) is 1.75. The van der Waals surface area contributed by atoms with Crippen molar-refractivity contribution < 1.29 is 8.42 Å². The van der Waals surface area contributed by atoms with Gasteiger partial charge in [-0.3, -0.25) is 0 Å². The molecule has 0 radical (unpaired) electrons. The molecule has 0 saturated heterocycles. The molecule has 0 heterocycles. The van der Waals surface area contributed by atoms with Gasteiger partial charge < -0.3 is 0 Å². The van der Waals surface area contributed by atoms with E-state index in [4.69, 9.17) is 5.26 Å². The van der Waals surface area contributed by atoms with Crippen LogP contribution in [-0.4, -0.2) is 19.9 Å². The van der Waals surface area contributed by atoms with Crippen LogP contribution < -0.4 is 0 Å². The van der Waals surface area contributed by atoms with E-state index in [0.717, 1.165) is 19.3 Å². The molecule has 0 unspecified atom stereocenters. The van der Waals surface area contributed by atoms with Crippen LogP contribution in [0.25, 0.3) is 0 Å². The number of hydrogen-bond donors (Lipinski definition) is 0. The summed E-state index contributed by atoms with van der Waals surface area (Å²) >= 11 is 0. The lowest BCUT2D eigenvalue weighted by atomic mass is 10.1. The van der Waals surface area contributed by atoms with E-state index in [0.29, 0.717) is 18.6 Å². The fourth-order valence-corrected chi connectivity index (χ4v) is 3.18. The van der Waals surface area contributed by atoms with Gasteiger partial charge in [-0.25, -0.2) is 8.42 Å². The maximum Gasteiger partial charge on any atom is 0.150 e. The van der Waals surface area contributed by atoms with Gasteiger partial charge in [0.1, 0.15) is 9.84 Å². The maximum absolute atomic E-state index is 11.5. The Morgan fingerprint density at radius 3 is 2.00 bits per heavy atom. The zero-order valence-electron chi connectivity index (χ0n) is 11.0. The second-order valence-corrected chi connectivity index (χ2v) is 6.84. The molecule has 0 atom stereocenters. The first-order valence-corrected chi connectivity index (χ1v) is 8.52. The van der Waals surface area contributed by atoms with Crippen LogP contribution in [0.1, 0.15) is 64.7 Å². The van der Waals surface area contributed by atoms with Crippen molar-refractivity contribution in [1.82, 2.24) is 0 Å². The molecule has 0 amide bonds. The molecular formula is C13H25NO2S. The molecule has 100 valence electrons. The van der Waals surface area contributed by atoms with Crippen molar-refractivity contribution in [1.29, 1.82) is 5.26 Å². The topological polar surface area (TPSA) is 57.9 Å². The average molecular weight is 259 g/mol. The second kappa shape index (κ2) is 10.6. The molecule has 0 aromatic rings. The monoisotopic (exact) mass is 259 g/mol. The minimum atomic E-state index is -2.90. The second-order valence-electron chi connectivity index (χ2n) is 4.53. The lowest BCUT2D eigenvalue weighted by Crippen LogP contribution is -2.10. The minimum absolute atomic E-state index is 0.177. The van der Waals surface area contributed by atoms with Crippen LogP contribution in [0.5, 0.6) is 0 Å². The van der Waals surface area contributed by atoms with Crippen molar-refractivity contribution in [3.63, 3.8) is 0 Å². The Kier molecular flexibility index (Phi) is 10.2. The molecule has 0 fully saturated rings. The van der Waals surface area contributed by atoms with Gasteiger partial charge in [0.05, 0.1) is 17.6 Å². The summed E-state index contributed by atoms with van der Waals surface area (Å²) in [6.07, 6.45) is 8.79. The van der Waals surface area contributed by atoms with Gasteiger partial charge in [0.2, 0.25) is 0 Å². The van der Waals surface area contributed by atoms with Gasteiger partial charge >= 0.3 is 0 Å². The maximum atomic E-state index is 11.5. The fraction of sp³-hybridized carbons (Fsp3) is 0.923. The molecule has 0 aromatic carbocycles. The van der Waals surface area contributed by atoms with Gasteiger partial charge in [-0.1, -0.05) is 45.4 Å². The third kappa shape index (κ3) is 11.7. The first kappa shape index (κ1) is 16.4. The van der Waals surface area contributed by atoms with Crippen LogP contribution in [0.2, 0.25) is 0 Å². The number of hydrogen-bond acceptors (Lipinski definition) is 3. The minimum Gasteiger partial charge on any atom is -0.229 e. The number of nitriles is 1. The predicted octanol–water partition coefficient (Wildman–Crippen LogP) is 3.46. The first-order valence-electron chi connectivity index (χ1n) is 6.69. The summed E-state index contributed by atoms with van der Waals surface area (Å²) in [5.41, 5.74) is 0. The van der Waals surface area contributed by atoms with Crippen molar-refractivity contribution in [2.45, 2.75) is 64.7 Å². The first-order chi connectivity index (χ1) is 8.12. The summed E-state index contributed by atoms with van der Waals surface area (Å²) in [7, 11) is -2.90. The Balaban J connectivity index is 3.43. The van der Waals surface area contributed by atoms with Crippen molar-refractivity contribution in [3.8, 4) is 6.07 Å². The van der Waals surface area contributed by atoms with E-state index < -0.39 is 9.84 Å². The Morgan fingerprint density at radius 2 is 1.41 bits per heavy atom. The Morgan fingerprint density at radius 1 is 0.882 bits per heavy atom. The number of nitrogens with zero attached hydrogens (tertiary/aromatic N) is 1. The SMILES string of the molecule is CCCCCCCCCS(=O)(=O)CCCC#N. The van der Waals surface area contributed by atoms with Crippen LogP contribution in [0.15, 0.2) is 0 Å². The molecule has 4 heteroatoms. The molecule has 3 nitrogen and oxygen atoms in total. The standard InChI is InChI=1S/C13H25NO2S/c1-2-3-4-5-6-7-9-12-17(15,16)13-10-8-11-14/h2-10,12-13H2,1H3. The van der Waals surface area contributed by atoms with Gasteiger partial charge in [-0.15, -0.1) is 0 Å². The summed E-state index contributed by atoms with van der Waals surface area (Å²) in [5.74, 6) is 0.475. The van der Waals surface area contributed by atoms with Crippen molar-refractivity contribution >= 4 is 9.84 Å². The van der Waals surface area contributed by atoms with E-state index in [1.165, 1.54) is 25.7 Å². The highest BCUT2D eigenvalue weighted by atomic mass is 32.2. The molecule has 0 aliphatic carbocycles. The van der Waals surface area contributed by atoms with E-state index in [-0.39, 0.29) is 5.75 Å². The van der Waals surface area contributed by atoms with Crippen LogP contribution in [0.3, 0.4) is 0 Å². The predicted molar refractivity (Wildman–Crippen MR) is 71.5 cm³/mol. The van der Waals surface area contributed by atoms with E-state index in [2.05, 4.69) is 6.92 Å². The van der Waals surface area contributed by atoms with Crippen LogP contribution >= 0.6 is 0 Å². The molecule has 0 rings (SSSR count). The third-order valence-electron chi connectivity index (χ3n) is 2.80. The molecule has 0 saturated carbocycles. The summed E-state index contributed by atoms with van der Waals surface area (Å²) < 4.78 is 23.1.